The molecule has 0 spiro atoms. The second-order valence-electron chi connectivity index (χ2n) is 6.41. The van der Waals surface area contributed by atoms with Crippen molar-refractivity contribution in [1.82, 2.24) is 4.98 Å². The van der Waals surface area contributed by atoms with Crippen LogP contribution in [0.1, 0.15) is 15.2 Å². The summed E-state index contributed by atoms with van der Waals surface area (Å²) in [5.41, 5.74) is 5.44. The van der Waals surface area contributed by atoms with E-state index in [0.29, 0.717) is 5.56 Å². The molecule has 0 aliphatic rings. The zero-order chi connectivity index (χ0) is 21.5. The fourth-order valence-electron chi connectivity index (χ4n) is 3.02. The number of carbonyl (C=O) groups excluding carboxylic acids is 1. The summed E-state index contributed by atoms with van der Waals surface area (Å²) in [5, 5.41) is 2.13. The van der Waals surface area contributed by atoms with Crippen molar-refractivity contribution in [1.29, 1.82) is 0 Å². The number of nitrogen functional groups attached to an aromatic ring is 1. The molecule has 0 bridgehead atoms. The number of fused-ring (bicyclic) bond motifs is 1. The molecule has 0 unspecified atom stereocenters. The summed E-state index contributed by atoms with van der Waals surface area (Å²) < 4.78 is 54.7. The van der Waals surface area contributed by atoms with Gasteiger partial charge in [-0.3, -0.25) is 4.79 Å². The topological polar surface area (TPSA) is 68.0 Å². The Balaban J connectivity index is 1.85. The van der Waals surface area contributed by atoms with Gasteiger partial charge in [-0.2, -0.15) is 13.2 Å². The van der Waals surface area contributed by atoms with Gasteiger partial charge in [0.2, 0.25) is 0 Å². The third-order valence-corrected chi connectivity index (χ3v) is 5.46. The Morgan fingerprint density at radius 2 is 1.77 bits per heavy atom. The van der Waals surface area contributed by atoms with E-state index in [9.17, 15) is 22.4 Å². The second-order valence-corrected chi connectivity index (χ2v) is 7.41. The van der Waals surface area contributed by atoms with Gasteiger partial charge >= 0.3 is 6.18 Å². The van der Waals surface area contributed by atoms with Gasteiger partial charge in [0, 0.05) is 16.6 Å². The number of rotatable bonds is 3. The molecule has 2 aromatic carbocycles. The summed E-state index contributed by atoms with van der Waals surface area (Å²) >= 11 is 0.753. The number of hydrogen-bond acceptors (Lipinski definition) is 4. The minimum Gasteiger partial charge on any atom is -0.397 e. The standard InChI is InChI=1S/C21H13F4N3OS/c22-12-7-4-8-13(9-12)27-19(29)18-17(26)16-14(21(23,24)25)10-15(28-20(16)30-18)11-5-2-1-3-6-11/h1-10H,26H2,(H,27,29). The molecule has 9 heteroatoms. The molecule has 152 valence electrons. The number of nitrogens with zero attached hydrogens (tertiary/aromatic N) is 1. The molecule has 4 rings (SSSR count). The third kappa shape index (κ3) is 3.71. The summed E-state index contributed by atoms with van der Waals surface area (Å²) in [6.07, 6.45) is -4.70. The number of anilines is 2. The third-order valence-electron chi connectivity index (χ3n) is 4.36. The van der Waals surface area contributed by atoms with E-state index in [4.69, 9.17) is 5.73 Å². The first-order chi connectivity index (χ1) is 14.2. The van der Waals surface area contributed by atoms with Crippen LogP contribution in [0.5, 0.6) is 0 Å². The van der Waals surface area contributed by atoms with E-state index in [1.54, 1.807) is 30.3 Å². The number of halogens is 4. The smallest absolute Gasteiger partial charge is 0.397 e. The Kier molecular flexibility index (Phi) is 4.90. The van der Waals surface area contributed by atoms with Crippen LogP contribution < -0.4 is 11.1 Å². The van der Waals surface area contributed by atoms with E-state index in [1.165, 1.54) is 18.2 Å². The van der Waals surface area contributed by atoms with Crippen LogP contribution in [-0.2, 0) is 6.18 Å². The predicted molar refractivity (Wildman–Crippen MR) is 109 cm³/mol. The molecule has 30 heavy (non-hydrogen) atoms. The molecule has 2 heterocycles. The van der Waals surface area contributed by atoms with Crippen LogP contribution in [0.4, 0.5) is 28.9 Å². The molecule has 0 aliphatic heterocycles. The quantitative estimate of drug-likeness (QED) is 0.394. The number of amides is 1. The van der Waals surface area contributed by atoms with Crippen LogP contribution in [0.2, 0.25) is 0 Å². The maximum Gasteiger partial charge on any atom is 0.417 e. The van der Waals surface area contributed by atoms with Crippen LogP contribution in [0, 0.1) is 5.82 Å². The number of carbonyl (C=O) groups is 1. The maximum atomic E-state index is 13.8. The SMILES string of the molecule is Nc1c(C(=O)Nc2cccc(F)c2)sc2nc(-c3ccccc3)cc(C(F)(F)F)c12. The Bertz CT molecular complexity index is 1250. The van der Waals surface area contributed by atoms with E-state index in [-0.39, 0.29) is 32.2 Å². The summed E-state index contributed by atoms with van der Waals surface area (Å²) in [4.78, 5) is 16.8. The highest BCUT2D eigenvalue weighted by Gasteiger charge is 2.36. The van der Waals surface area contributed by atoms with Gasteiger partial charge in [-0.25, -0.2) is 9.37 Å². The van der Waals surface area contributed by atoms with Gasteiger partial charge in [-0.05, 0) is 24.3 Å². The van der Waals surface area contributed by atoms with Crippen molar-refractivity contribution in [2.24, 2.45) is 0 Å². The van der Waals surface area contributed by atoms with Crippen LogP contribution in [0.3, 0.4) is 0 Å². The van der Waals surface area contributed by atoms with Gasteiger partial charge in [-0.1, -0.05) is 36.4 Å². The largest absolute Gasteiger partial charge is 0.417 e. The van der Waals surface area contributed by atoms with Crippen molar-refractivity contribution in [3.8, 4) is 11.3 Å². The molecule has 4 aromatic rings. The Morgan fingerprint density at radius 1 is 1.03 bits per heavy atom. The van der Waals surface area contributed by atoms with Crippen LogP contribution in [-0.4, -0.2) is 10.9 Å². The summed E-state index contributed by atoms with van der Waals surface area (Å²) in [6, 6.07) is 14.5. The summed E-state index contributed by atoms with van der Waals surface area (Å²) in [5.74, 6) is -1.30. The normalized spacial score (nSPS) is 11.6. The average molecular weight is 431 g/mol. The van der Waals surface area contributed by atoms with E-state index in [2.05, 4.69) is 10.3 Å². The monoisotopic (exact) mass is 431 g/mol. The zero-order valence-electron chi connectivity index (χ0n) is 15.1. The highest BCUT2D eigenvalue weighted by molar-refractivity contribution is 7.21. The molecule has 0 aliphatic carbocycles. The molecule has 0 atom stereocenters. The molecule has 0 fully saturated rings. The van der Waals surface area contributed by atoms with Crippen molar-refractivity contribution in [2.75, 3.05) is 11.1 Å². The number of alkyl halides is 3. The van der Waals surface area contributed by atoms with Gasteiger partial charge in [0.1, 0.15) is 15.5 Å². The lowest BCUT2D eigenvalue weighted by atomic mass is 10.1. The van der Waals surface area contributed by atoms with Crippen LogP contribution in [0.15, 0.2) is 60.7 Å². The van der Waals surface area contributed by atoms with E-state index in [1.807, 2.05) is 0 Å². The van der Waals surface area contributed by atoms with Gasteiger partial charge in [0.05, 0.1) is 16.9 Å². The highest BCUT2D eigenvalue weighted by Crippen LogP contribution is 2.43. The number of nitrogens with one attached hydrogen (secondary N) is 1. The van der Waals surface area contributed by atoms with Gasteiger partial charge < -0.3 is 11.1 Å². The second kappa shape index (κ2) is 7.42. The first-order valence-corrected chi connectivity index (χ1v) is 9.48. The number of pyridine rings is 1. The molecule has 2 aromatic heterocycles. The van der Waals surface area contributed by atoms with Crippen molar-refractivity contribution in [3.05, 3.63) is 76.9 Å². The van der Waals surface area contributed by atoms with Gasteiger partial charge in [0.15, 0.2) is 0 Å². The van der Waals surface area contributed by atoms with E-state index in [0.717, 1.165) is 23.5 Å². The Morgan fingerprint density at radius 3 is 2.43 bits per heavy atom. The number of benzene rings is 2. The maximum absolute atomic E-state index is 13.8. The Hall–Kier alpha value is -3.46. The molecular formula is C21H13F4N3OS. The Labute approximate surface area is 172 Å². The van der Waals surface area contributed by atoms with Crippen molar-refractivity contribution < 1.29 is 22.4 Å². The molecule has 0 saturated carbocycles. The average Bonchev–Trinajstić information content (AvgIpc) is 3.04. The van der Waals surface area contributed by atoms with Crippen molar-refractivity contribution in [2.45, 2.75) is 6.18 Å². The lowest BCUT2D eigenvalue weighted by Gasteiger charge is -2.11. The number of aromatic nitrogens is 1. The van der Waals surface area contributed by atoms with Gasteiger partial charge in [-0.15, -0.1) is 11.3 Å². The van der Waals surface area contributed by atoms with Crippen LogP contribution in [0.25, 0.3) is 21.5 Å². The van der Waals surface area contributed by atoms with E-state index >= 15 is 0 Å². The molecule has 3 N–H and O–H groups in total. The zero-order valence-corrected chi connectivity index (χ0v) is 15.9. The fourth-order valence-corrected chi connectivity index (χ4v) is 4.04. The predicted octanol–water partition coefficient (Wildman–Crippen LogP) is 5.96. The van der Waals surface area contributed by atoms with Crippen LogP contribution >= 0.6 is 11.3 Å². The number of thiophene rings is 1. The lowest BCUT2D eigenvalue weighted by Crippen LogP contribution is -2.12. The minimum absolute atomic E-state index is 0.00873. The summed E-state index contributed by atoms with van der Waals surface area (Å²) in [7, 11) is 0. The lowest BCUT2D eigenvalue weighted by molar-refractivity contribution is -0.136. The highest BCUT2D eigenvalue weighted by atomic mass is 32.1. The molecular weight excluding hydrogens is 418 g/mol. The first-order valence-electron chi connectivity index (χ1n) is 8.66. The molecule has 0 radical (unpaired) electrons. The number of nitrogens with two attached hydrogens (primary N) is 1. The minimum atomic E-state index is -4.70. The van der Waals surface area contributed by atoms with Crippen molar-refractivity contribution >= 4 is 38.8 Å². The molecule has 4 nitrogen and oxygen atoms in total. The summed E-state index contributed by atoms with van der Waals surface area (Å²) in [6.45, 7) is 0. The van der Waals surface area contributed by atoms with Crippen molar-refractivity contribution in [3.63, 3.8) is 0 Å². The molecule has 0 saturated heterocycles. The first kappa shape index (κ1) is 19.8. The fraction of sp³-hybridized carbons (Fsp3) is 0.0476. The number of hydrogen-bond donors (Lipinski definition) is 2. The van der Waals surface area contributed by atoms with Gasteiger partial charge in [0.25, 0.3) is 5.91 Å². The molecule has 1 amide bonds. The van der Waals surface area contributed by atoms with E-state index < -0.39 is 23.5 Å².